The molecule has 1 aromatic heterocycles. The van der Waals surface area contributed by atoms with Crippen molar-refractivity contribution in [1.29, 1.82) is 0 Å². The maximum Gasteiger partial charge on any atom is 0.247 e. The van der Waals surface area contributed by atoms with E-state index in [2.05, 4.69) is 4.98 Å². The number of halogens is 2. The number of nitrogens with zero attached hydrogens (tertiary/aromatic N) is 3. The lowest BCUT2D eigenvalue weighted by molar-refractivity contribution is -0.121. The van der Waals surface area contributed by atoms with Crippen LogP contribution in [0.3, 0.4) is 0 Å². The lowest BCUT2D eigenvalue weighted by Gasteiger charge is -2.28. The fourth-order valence-electron chi connectivity index (χ4n) is 4.22. The lowest BCUT2D eigenvalue weighted by atomic mass is 10.1. The summed E-state index contributed by atoms with van der Waals surface area (Å²) in [5.74, 6) is -0.306. The zero-order chi connectivity index (χ0) is 24.6. The summed E-state index contributed by atoms with van der Waals surface area (Å²) in [6.07, 6.45) is 1.02. The third kappa shape index (κ3) is 4.81. The smallest absolute Gasteiger partial charge is 0.247 e. The molecule has 2 heterocycles. The van der Waals surface area contributed by atoms with Crippen LogP contribution in [0, 0.1) is 0 Å². The fourth-order valence-corrected chi connectivity index (χ4v) is 7.27. The van der Waals surface area contributed by atoms with Crippen LogP contribution < -0.4 is 4.90 Å². The Bertz CT molecular complexity index is 1480. The minimum absolute atomic E-state index is 0.114. The van der Waals surface area contributed by atoms with Crippen LogP contribution in [-0.2, 0) is 21.4 Å². The summed E-state index contributed by atoms with van der Waals surface area (Å²) in [5, 5.41) is 1.43. The Morgan fingerprint density at radius 1 is 1.03 bits per heavy atom. The van der Waals surface area contributed by atoms with Crippen LogP contribution in [0.2, 0.25) is 10.0 Å². The van der Waals surface area contributed by atoms with Gasteiger partial charge in [-0.1, -0.05) is 70.9 Å². The zero-order valence-corrected chi connectivity index (χ0v) is 21.6. The van der Waals surface area contributed by atoms with Crippen molar-refractivity contribution in [3.8, 4) is 0 Å². The molecule has 1 aliphatic heterocycles. The van der Waals surface area contributed by atoms with Crippen LogP contribution in [0.1, 0.15) is 18.4 Å². The third-order valence-corrected chi connectivity index (χ3v) is 9.47. The number of anilines is 1. The Balaban J connectivity index is 1.53. The molecule has 0 aliphatic carbocycles. The Morgan fingerprint density at radius 3 is 2.49 bits per heavy atom. The Morgan fingerprint density at radius 2 is 1.77 bits per heavy atom. The van der Waals surface area contributed by atoms with Crippen molar-refractivity contribution >= 4 is 65.8 Å². The molecule has 0 saturated carbocycles. The van der Waals surface area contributed by atoms with E-state index < -0.39 is 16.1 Å². The number of hydrogen-bond acceptors (Lipinski definition) is 5. The summed E-state index contributed by atoms with van der Waals surface area (Å²) >= 11 is 13.7. The summed E-state index contributed by atoms with van der Waals surface area (Å²) in [6, 6.07) is 20.2. The molecule has 0 radical (unpaired) electrons. The van der Waals surface area contributed by atoms with Crippen molar-refractivity contribution < 1.29 is 13.2 Å². The van der Waals surface area contributed by atoms with Gasteiger partial charge >= 0.3 is 0 Å². The number of aromatic nitrogens is 1. The summed E-state index contributed by atoms with van der Waals surface area (Å²) in [5.41, 5.74) is 1.54. The molecular weight excluding hydrogens is 525 g/mol. The number of benzene rings is 3. The quantitative estimate of drug-likeness (QED) is 0.298. The molecule has 180 valence electrons. The van der Waals surface area contributed by atoms with E-state index >= 15 is 0 Å². The normalized spacial score (nSPS) is 16.6. The largest absolute Gasteiger partial charge is 0.282 e. The van der Waals surface area contributed by atoms with Gasteiger partial charge in [0.15, 0.2) is 5.13 Å². The van der Waals surface area contributed by atoms with E-state index in [1.165, 1.54) is 39.9 Å². The van der Waals surface area contributed by atoms with Crippen molar-refractivity contribution in [2.75, 3.05) is 11.4 Å². The van der Waals surface area contributed by atoms with Gasteiger partial charge < -0.3 is 0 Å². The first kappa shape index (κ1) is 24.2. The molecule has 3 aromatic carbocycles. The Labute approximate surface area is 217 Å². The zero-order valence-electron chi connectivity index (χ0n) is 18.5. The molecule has 0 spiro atoms. The van der Waals surface area contributed by atoms with E-state index in [-0.39, 0.29) is 23.9 Å². The number of amides is 1. The number of fused-ring (bicyclic) bond motifs is 1. The molecule has 1 atom stereocenters. The van der Waals surface area contributed by atoms with Gasteiger partial charge in [0.05, 0.1) is 21.2 Å². The first-order valence-electron chi connectivity index (χ1n) is 11.0. The van der Waals surface area contributed by atoms with E-state index in [1.807, 2.05) is 42.5 Å². The number of hydrogen-bond donors (Lipinski definition) is 0. The summed E-state index contributed by atoms with van der Waals surface area (Å²) in [6.45, 7) is 0.536. The van der Waals surface area contributed by atoms with E-state index in [0.29, 0.717) is 33.5 Å². The van der Waals surface area contributed by atoms with Gasteiger partial charge in [0.1, 0.15) is 11.6 Å². The van der Waals surface area contributed by atoms with Crippen LogP contribution in [0.25, 0.3) is 10.2 Å². The number of carbonyl (C=O) groups is 1. The molecule has 5 rings (SSSR count). The average Bonchev–Trinajstić information content (AvgIpc) is 3.52. The van der Waals surface area contributed by atoms with Gasteiger partial charge in [-0.25, -0.2) is 13.4 Å². The van der Waals surface area contributed by atoms with Gasteiger partial charge in [0, 0.05) is 11.6 Å². The number of carbonyl (C=O) groups excluding carboxylic acids is 1. The van der Waals surface area contributed by atoms with Crippen molar-refractivity contribution in [1.82, 2.24) is 9.29 Å². The van der Waals surface area contributed by atoms with Gasteiger partial charge in [0.2, 0.25) is 15.9 Å². The molecule has 1 unspecified atom stereocenters. The molecule has 0 N–H and O–H groups in total. The van der Waals surface area contributed by atoms with Crippen LogP contribution in [0.5, 0.6) is 0 Å². The van der Waals surface area contributed by atoms with Crippen LogP contribution in [0.4, 0.5) is 5.13 Å². The van der Waals surface area contributed by atoms with Gasteiger partial charge in [0.25, 0.3) is 0 Å². The minimum atomic E-state index is -3.88. The molecule has 35 heavy (non-hydrogen) atoms. The van der Waals surface area contributed by atoms with E-state index in [9.17, 15) is 13.2 Å². The van der Waals surface area contributed by atoms with Crippen LogP contribution >= 0.6 is 34.5 Å². The van der Waals surface area contributed by atoms with Gasteiger partial charge in [-0.2, -0.15) is 4.31 Å². The summed E-state index contributed by atoms with van der Waals surface area (Å²) in [4.78, 5) is 20.3. The van der Waals surface area contributed by atoms with Gasteiger partial charge in [-0.3, -0.25) is 9.69 Å². The lowest BCUT2D eigenvalue weighted by Crippen LogP contribution is -2.47. The first-order chi connectivity index (χ1) is 16.8. The second-order valence-electron chi connectivity index (χ2n) is 8.22. The average molecular weight is 547 g/mol. The predicted octanol–water partition coefficient (Wildman–Crippen LogP) is 5.99. The van der Waals surface area contributed by atoms with Crippen molar-refractivity contribution in [3.05, 3.63) is 88.4 Å². The van der Waals surface area contributed by atoms with Crippen LogP contribution in [-0.4, -0.2) is 36.2 Å². The molecule has 10 heteroatoms. The highest BCUT2D eigenvalue weighted by molar-refractivity contribution is 7.89. The highest BCUT2D eigenvalue weighted by Gasteiger charge is 2.42. The summed E-state index contributed by atoms with van der Waals surface area (Å²) in [7, 11) is -3.88. The van der Waals surface area contributed by atoms with E-state index in [0.717, 1.165) is 10.3 Å². The molecular formula is C25H21Cl2N3O3S2. The molecule has 4 aromatic rings. The van der Waals surface area contributed by atoms with Crippen molar-refractivity contribution in [3.63, 3.8) is 0 Å². The first-order valence-corrected chi connectivity index (χ1v) is 14.0. The molecule has 6 nitrogen and oxygen atoms in total. The molecule has 0 bridgehead atoms. The fraction of sp³-hybridized carbons (Fsp3) is 0.200. The summed E-state index contributed by atoms with van der Waals surface area (Å²) < 4.78 is 29.0. The number of rotatable bonds is 6. The maximum atomic E-state index is 14.0. The van der Waals surface area contributed by atoms with Gasteiger partial charge in [-0.05, 0) is 54.8 Å². The standard InChI is InChI=1S/C25H21Cl2N3O3S2/c26-18-11-13-19(14-12-18)35(32,33)30-15-5-9-21(30)24(31)29(16-17-6-2-1-3-7-17)25-28-23-20(27)8-4-10-22(23)34-25/h1-4,6-8,10-14,21H,5,9,15-16H2. The molecule has 1 amide bonds. The SMILES string of the molecule is O=C(C1CCCN1S(=O)(=O)c1ccc(Cl)cc1)N(Cc1ccccc1)c1nc2c(Cl)cccc2s1. The second kappa shape index (κ2) is 9.87. The number of sulfonamides is 1. The Hall–Kier alpha value is -2.49. The Kier molecular flexibility index (Phi) is 6.83. The van der Waals surface area contributed by atoms with Gasteiger partial charge in [-0.15, -0.1) is 0 Å². The van der Waals surface area contributed by atoms with Crippen LogP contribution in [0.15, 0.2) is 77.7 Å². The monoisotopic (exact) mass is 545 g/mol. The third-order valence-electron chi connectivity index (χ3n) is 5.95. The number of para-hydroxylation sites is 1. The minimum Gasteiger partial charge on any atom is -0.282 e. The topological polar surface area (TPSA) is 70.6 Å². The highest BCUT2D eigenvalue weighted by atomic mass is 35.5. The second-order valence-corrected chi connectivity index (χ2v) is 12.0. The van der Waals surface area contributed by atoms with E-state index in [4.69, 9.17) is 23.2 Å². The molecule has 1 aliphatic rings. The van der Waals surface area contributed by atoms with Crippen molar-refractivity contribution in [2.24, 2.45) is 0 Å². The maximum absolute atomic E-state index is 14.0. The number of thiazole rings is 1. The van der Waals surface area contributed by atoms with E-state index in [1.54, 1.807) is 11.0 Å². The molecule has 1 saturated heterocycles. The van der Waals surface area contributed by atoms with Crippen molar-refractivity contribution in [2.45, 2.75) is 30.3 Å². The predicted molar refractivity (Wildman–Crippen MR) is 141 cm³/mol. The highest BCUT2D eigenvalue weighted by Crippen LogP contribution is 2.35. The molecule has 1 fully saturated rings.